The highest BCUT2D eigenvalue weighted by atomic mass is 19.4. The zero-order chi connectivity index (χ0) is 19.9. The number of aromatic nitrogens is 2. The summed E-state index contributed by atoms with van der Waals surface area (Å²) < 4.78 is 45.6. The lowest BCUT2D eigenvalue weighted by atomic mass is 10.2. The van der Waals surface area contributed by atoms with Gasteiger partial charge in [0.15, 0.2) is 5.82 Å². The topological polar surface area (TPSA) is 62.0 Å². The molecule has 0 saturated heterocycles. The fourth-order valence-corrected chi connectivity index (χ4v) is 2.48. The highest BCUT2D eigenvalue weighted by Gasteiger charge is 2.36. The molecular weight excluding hydrogens is 357 g/mol. The summed E-state index contributed by atoms with van der Waals surface area (Å²) >= 11 is 0. The van der Waals surface area contributed by atoms with Gasteiger partial charge in [-0.05, 0) is 24.6 Å². The van der Waals surface area contributed by atoms with Gasteiger partial charge in [-0.15, -0.1) is 0 Å². The Kier molecular flexibility index (Phi) is 6.99. The van der Waals surface area contributed by atoms with E-state index in [1.165, 1.54) is 18.0 Å². The van der Waals surface area contributed by atoms with E-state index in [0.29, 0.717) is 17.9 Å². The normalized spacial score (nSPS) is 11.1. The number of rotatable bonds is 8. The number of benzene rings is 1. The minimum Gasteiger partial charge on any atom is -0.463 e. The van der Waals surface area contributed by atoms with Crippen LogP contribution >= 0.6 is 0 Å². The summed E-state index contributed by atoms with van der Waals surface area (Å²) in [6.07, 6.45) is 0.0246. The SMILES string of the molecule is CCCCCCOc1ncc(C(F)(F)F)c(N(C)c2cccc(C#N)c2)n1. The summed E-state index contributed by atoms with van der Waals surface area (Å²) in [5, 5.41) is 9.01. The number of halogens is 3. The third-order valence-electron chi connectivity index (χ3n) is 3.96. The van der Waals surface area contributed by atoms with Gasteiger partial charge in [-0.3, -0.25) is 0 Å². The molecule has 0 saturated carbocycles. The number of hydrogen-bond donors (Lipinski definition) is 0. The number of anilines is 2. The van der Waals surface area contributed by atoms with Gasteiger partial charge in [0.25, 0.3) is 0 Å². The zero-order valence-electron chi connectivity index (χ0n) is 15.3. The second-order valence-electron chi connectivity index (χ2n) is 6.02. The Morgan fingerprint density at radius 2 is 2.00 bits per heavy atom. The van der Waals surface area contributed by atoms with Crippen molar-refractivity contribution >= 4 is 11.5 Å². The fraction of sp³-hybridized carbons (Fsp3) is 0.421. The first kappa shape index (κ1) is 20.5. The lowest BCUT2D eigenvalue weighted by Crippen LogP contribution is -2.19. The largest absolute Gasteiger partial charge is 0.463 e. The molecule has 1 aromatic carbocycles. The van der Waals surface area contributed by atoms with Crippen molar-refractivity contribution in [2.24, 2.45) is 0 Å². The van der Waals surface area contributed by atoms with Crippen LogP contribution in [0.4, 0.5) is 24.7 Å². The van der Waals surface area contributed by atoms with Gasteiger partial charge in [0.05, 0.1) is 18.2 Å². The first-order valence-electron chi connectivity index (χ1n) is 8.67. The van der Waals surface area contributed by atoms with E-state index in [9.17, 15) is 13.2 Å². The lowest BCUT2D eigenvalue weighted by molar-refractivity contribution is -0.137. The van der Waals surface area contributed by atoms with Crippen molar-refractivity contribution < 1.29 is 17.9 Å². The molecule has 0 radical (unpaired) electrons. The molecule has 2 rings (SSSR count). The Morgan fingerprint density at radius 1 is 1.22 bits per heavy atom. The fourth-order valence-electron chi connectivity index (χ4n) is 2.48. The Hall–Kier alpha value is -2.82. The Morgan fingerprint density at radius 3 is 2.67 bits per heavy atom. The van der Waals surface area contributed by atoms with Gasteiger partial charge in [0.1, 0.15) is 5.56 Å². The molecule has 1 heterocycles. The van der Waals surface area contributed by atoms with Crippen molar-refractivity contribution in [2.45, 2.75) is 38.8 Å². The number of hydrogen-bond acceptors (Lipinski definition) is 5. The summed E-state index contributed by atoms with van der Waals surface area (Å²) in [6, 6.07) is 8.15. The summed E-state index contributed by atoms with van der Waals surface area (Å²) in [5.74, 6) is -0.323. The van der Waals surface area contributed by atoms with Crippen molar-refractivity contribution in [3.63, 3.8) is 0 Å². The van der Waals surface area contributed by atoms with E-state index in [1.54, 1.807) is 18.2 Å². The van der Waals surface area contributed by atoms with Crippen LogP contribution in [0.1, 0.15) is 43.7 Å². The van der Waals surface area contributed by atoms with E-state index >= 15 is 0 Å². The molecule has 0 amide bonds. The zero-order valence-corrected chi connectivity index (χ0v) is 15.3. The molecular formula is C19H21F3N4O. The molecule has 0 aliphatic carbocycles. The highest BCUT2D eigenvalue weighted by Crippen LogP contribution is 2.37. The van der Waals surface area contributed by atoms with Crippen LogP contribution in [0.25, 0.3) is 0 Å². The van der Waals surface area contributed by atoms with E-state index in [2.05, 4.69) is 16.9 Å². The van der Waals surface area contributed by atoms with Gasteiger partial charge in [0, 0.05) is 18.9 Å². The van der Waals surface area contributed by atoms with Gasteiger partial charge < -0.3 is 9.64 Å². The van der Waals surface area contributed by atoms with Crippen molar-refractivity contribution in [1.82, 2.24) is 9.97 Å². The molecule has 0 N–H and O–H groups in total. The number of nitriles is 1. The van der Waals surface area contributed by atoms with Crippen molar-refractivity contribution in [3.05, 3.63) is 41.6 Å². The van der Waals surface area contributed by atoms with Crippen LogP contribution in [-0.2, 0) is 6.18 Å². The number of unbranched alkanes of at least 4 members (excludes halogenated alkanes) is 3. The lowest BCUT2D eigenvalue weighted by Gasteiger charge is -2.22. The van der Waals surface area contributed by atoms with Gasteiger partial charge in [0.2, 0.25) is 0 Å². The van der Waals surface area contributed by atoms with Crippen LogP contribution in [0.3, 0.4) is 0 Å². The molecule has 0 spiro atoms. The van der Waals surface area contributed by atoms with E-state index in [-0.39, 0.29) is 11.8 Å². The third kappa shape index (κ3) is 5.58. The maximum Gasteiger partial charge on any atom is 0.421 e. The second-order valence-corrected chi connectivity index (χ2v) is 6.02. The molecule has 1 aromatic heterocycles. The molecule has 2 aromatic rings. The van der Waals surface area contributed by atoms with Crippen LogP contribution in [0.2, 0.25) is 0 Å². The maximum absolute atomic E-state index is 13.4. The molecule has 0 unspecified atom stereocenters. The van der Waals surface area contributed by atoms with E-state index in [4.69, 9.17) is 10.00 Å². The summed E-state index contributed by atoms with van der Waals surface area (Å²) in [6.45, 7) is 2.43. The van der Waals surface area contributed by atoms with Crippen molar-refractivity contribution in [3.8, 4) is 12.1 Å². The van der Waals surface area contributed by atoms with E-state index < -0.39 is 11.7 Å². The molecule has 0 fully saturated rings. The summed E-state index contributed by atoms with van der Waals surface area (Å²) in [7, 11) is 1.46. The standard InChI is InChI=1S/C19H21F3N4O/c1-3-4-5-6-10-27-18-24-13-16(19(20,21)22)17(25-18)26(2)15-9-7-8-14(11-15)12-23/h7-9,11,13H,3-6,10H2,1-2H3. The van der Waals surface area contributed by atoms with Crippen LogP contribution in [0.15, 0.2) is 30.5 Å². The third-order valence-corrected chi connectivity index (χ3v) is 3.96. The van der Waals surface area contributed by atoms with Crippen LogP contribution < -0.4 is 9.64 Å². The first-order valence-corrected chi connectivity index (χ1v) is 8.67. The van der Waals surface area contributed by atoms with Gasteiger partial charge in [-0.1, -0.05) is 32.3 Å². The number of ether oxygens (including phenoxy) is 1. The molecule has 0 atom stereocenters. The summed E-state index contributed by atoms with van der Waals surface area (Å²) in [4.78, 5) is 8.95. The van der Waals surface area contributed by atoms with Crippen LogP contribution in [0.5, 0.6) is 6.01 Å². The predicted molar refractivity (Wildman–Crippen MR) is 95.9 cm³/mol. The molecule has 5 nitrogen and oxygen atoms in total. The van der Waals surface area contributed by atoms with Gasteiger partial charge >= 0.3 is 12.2 Å². The minimum atomic E-state index is -4.61. The van der Waals surface area contributed by atoms with Crippen LogP contribution in [-0.4, -0.2) is 23.6 Å². The Labute approximate surface area is 156 Å². The average Bonchev–Trinajstić information content (AvgIpc) is 2.66. The highest BCUT2D eigenvalue weighted by molar-refractivity contribution is 5.64. The molecule has 144 valence electrons. The molecule has 8 heteroatoms. The predicted octanol–water partition coefficient (Wildman–Crippen LogP) is 5.09. The van der Waals surface area contributed by atoms with E-state index in [0.717, 1.165) is 31.9 Å². The summed E-state index contributed by atoms with van der Waals surface area (Å²) in [5.41, 5.74) is -0.216. The Balaban J connectivity index is 2.30. The van der Waals surface area contributed by atoms with Crippen molar-refractivity contribution in [2.75, 3.05) is 18.6 Å². The van der Waals surface area contributed by atoms with Crippen LogP contribution in [0, 0.1) is 11.3 Å². The first-order chi connectivity index (χ1) is 12.9. The minimum absolute atomic E-state index is 0.0993. The maximum atomic E-state index is 13.4. The second kappa shape index (κ2) is 9.21. The molecule has 27 heavy (non-hydrogen) atoms. The average molecular weight is 378 g/mol. The van der Waals surface area contributed by atoms with Crippen molar-refractivity contribution in [1.29, 1.82) is 5.26 Å². The number of alkyl halides is 3. The quantitative estimate of drug-likeness (QED) is 0.599. The molecule has 0 aliphatic rings. The van der Waals surface area contributed by atoms with E-state index in [1.807, 2.05) is 6.07 Å². The van der Waals surface area contributed by atoms with Gasteiger partial charge in [-0.25, -0.2) is 4.98 Å². The monoisotopic (exact) mass is 378 g/mol. The smallest absolute Gasteiger partial charge is 0.421 e. The number of nitrogens with zero attached hydrogens (tertiary/aromatic N) is 4. The van der Waals surface area contributed by atoms with Gasteiger partial charge in [-0.2, -0.15) is 23.4 Å². The molecule has 0 bridgehead atoms. The Bertz CT molecular complexity index is 802. The molecule has 0 aliphatic heterocycles.